The molecule has 1 fully saturated rings. The lowest BCUT2D eigenvalue weighted by molar-refractivity contribution is -0.698. The van der Waals surface area contributed by atoms with Crippen LogP contribution in [0, 0.1) is 0 Å². The minimum Gasteiger partial charge on any atom is -0.258 e. The summed E-state index contributed by atoms with van der Waals surface area (Å²) in [5.74, 6) is -1.54. The molecule has 4 amide bonds. The molecule has 0 saturated carbocycles. The molecule has 1 unspecified atom stereocenters. The average molecular weight is 129 g/mol. The number of imide groups is 2. The van der Waals surface area contributed by atoms with E-state index in [1.807, 2.05) is 5.32 Å². The molecular weight excluding hydrogens is 124 g/mol. The highest BCUT2D eigenvalue weighted by Crippen LogP contribution is 1.70. The van der Waals surface area contributed by atoms with Gasteiger partial charge in [0.2, 0.25) is 0 Å². The van der Waals surface area contributed by atoms with Crippen molar-refractivity contribution in [2.75, 3.05) is 7.05 Å². The van der Waals surface area contributed by atoms with Crippen LogP contribution in [0.4, 0.5) is 4.79 Å². The van der Waals surface area contributed by atoms with Gasteiger partial charge in [0.25, 0.3) is 0 Å². The summed E-state index contributed by atoms with van der Waals surface area (Å²) in [5.41, 5.74) is 0. The van der Waals surface area contributed by atoms with Gasteiger partial charge < -0.3 is 0 Å². The maximum absolute atomic E-state index is 10.4. The summed E-state index contributed by atoms with van der Waals surface area (Å²) < 4.78 is 0. The smallest absolute Gasteiger partial charge is 0.258 e. The molecule has 0 aromatic carbocycles. The zero-order chi connectivity index (χ0) is 7.02. The van der Waals surface area contributed by atoms with Crippen LogP contribution >= 0.6 is 0 Å². The molecule has 0 spiro atoms. The first-order valence-electron chi connectivity index (χ1n) is 2.36. The minimum absolute atomic E-state index is 0.0278. The largest absolute Gasteiger partial charge is 0.429 e. The maximum Gasteiger partial charge on any atom is 0.429 e. The fourth-order valence-electron chi connectivity index (χ4n) is 0.527. The lowest BCUT2D eigenvalue weighted by Gasteiger charge is -1.89. The molecule has 48 valence electrons. The summed E-state index contributed by atoms with van der Waals surface area (Å²) in [4.78, 5) is 31.1. The summed E-state index contributed by atoms with van der Waals surface area (Å²) >= 11 is 0. The van der Waals surface area contributed by atoms with E-state index in [0.29, 0.717) is 0 Å². The van der Waals surface area contributed by atoms with Gasteiger partial charge in [0.1, 0.15) is 0 Å². The van der Waals surface area contributed by atoms with Crippen LogP contribution in [0.2, 0.25) is 0 Å². The van der Waals surface area contributed by atoms with Crippen molar-refractivity contribution in [1.29, 1.82) is 0 Å². The van der Waals surface area contributed by atoms with Crippen molar-refractivity contribution in [3.05, 3.63) is 0 Å². The molecule has 0 radical (unpaired) electrons. The predicted molar refractivity (Wildman–Crippen MR) is 25.4 cm³/mol. The zero-order valence-corrected chi connectivity index (χ0v) is 4.72. The Morgan fingerprint density at radius 1 is 1.33 bits per heavy atom. The maximum atomic E-state index is 10.4. The number of hydrogen-bond donors (Lipinski definition) is 2. The summed E-state index contributed by atoms with van der Waals surface area (Å²) in [6.45, 7) is 0. The number of hydrogen-bond acceptors (Lipinski definition) is 3. The molecule has 9 heavy (non-hydrogen) atoms. The Balaban J connectivity index is 2.90. The molecular formula is C4H5N2O3+. The second-order valence-electron chi connectivity index (χ2n) is 1.74. The lowest BCUT2D eigenvalue weighted by Crippen LogP contribution is -3.12. The lowest BCUT2D eigenvalue weighted by atomic mass is 10.6. The zero-order valence-electron chi connectivity index (χ0n) is 4.72. The van der Waals surface area contributed by atoms with Gasteiger partial charge in [0, 0.05) is 0 Å². The highest BCUT2D eigenvalue weighted by Gasteiger charge is 2.40. The van der Waals surface area contributed by atoms with Crippen molar-refractivity contribution < 1.29 is 19.3 Å². The van der Waals surface area contributed by atoms with Crippen LogP contribution in [0.15, 0.2) is 0 Å². The molecule has 2 N–H and O–H groups in total. The van der Waals surface area contributed by atoms with E-state index in [2.05, 4.69) is 0 Å². The second-order valence-corrected chi connectivity index (χ2v) is 1.74. The second kappa shape index (κ2) is 1.63. The van der Waals surface area contributed by atoms with Crippen molar-refractivity contribution in [1.82, 2.24) is 5.32 Å². The molecule has 0 aromatic heterocycles. The monoisotopic (exact) mass is 129 g/mol. The van der Waals surface area contributed by atoms with Crippen LogP contribution in [-0.4, -0.2) is 24.9 Å². The van der Waals surface area contributed by atoms with E-state index in [-0.39, 0.29) is 4.90 Å². The Bertz CT molecular complexity index is 198. The normalized spacial score (nSPS) is 26.8. The molecule has 1 rings (SSSR count). The van der Waals surface area contributed by atoms with Crippen molar-refractivity contribution in [2.24, 2.45) is 0 Å². The van der Waals surface area contributed by atoms with E-state index in [9.17, 15) is 14.4 Å². The summed E-state index contributed by atoms with van der Waals surface area (Å²) in [6, 6.07) is -0.579. The molecule has 0 aromatic rings. The number of rotatable bonds is 0. The molecule has 0 aliphatic carbocycles. The summed E-state index contributed by atoms with van der Waals surface area (Å²) in [7, 11) is 1.32. The third-order valence-electron chi connectivity index (χ3n) is 1.11. The van der Waals surface area contributed by atoms with Crippen molar-refractivity contribution >= 4 is 17.8 Å². The molecule has 1 aliphatic heterocycles. The van der Waals surface area contributed by atoms with Gasteiger partial charge in [-0.1, -0.05) is 0 Å². The van der Waals surface area contributed by atoms with Crippen molar-refractivity contribution in [3.63, 3.8) is 0 Å². The van der Waals surface area contributed by atoms with E-state index < -0.39 is 17.8 Å². The molecule has 1 aliphatic rings. The van der Waals surface area contributed by atoms with E-state index >= 15 is 0 Å². The number of carbonyl (C=O) groups excluding carboxylic acids is 3. The van der Waals surface area contributed by atoms with Gasteiger partial charge in [0.15, 0.2) is 0 Å². The molecule has 0 bridgehead atoms. The number of carbonyl (C=O) groups is 3. The van der Waals surface area contributed by atoms with E-state index in [4.69, 9.17) is 0 Å². The van der Waals surface area contributed by atoms with Gasteiger partial charge in [-0.2, -0.15) is 4.90 Å². The van der Waals surface area contributed by atoms with Crippen LogP contribution in [0.25, 0.3) is 0 Å². The van der Waals surface area contributed by atoms with Gasteiger partial charge in [-0.25, -0.2) is 14.9 Å². The number of likely N-dealkylation sites (N-methyl/N-ethyl adjacent to an activating group) is 1. The predicted octanol–water partition coefficient (Wildman–Crippen LogP) is -2.72. The number of nitrogens with one attached hydrogen (secondary N) is 2. The van der Waals surface area contributed by atoms with Crippen LogP contribution < -0.4 is 10.2 Å². The number of amides is 4. The Hall–Kier alpha value is -1.23. The average Bonchev–Trinajstić information content (AvgIpc) is 1.98. The van der Waals surface area contributed by atoms with Crippen molar-refractivity contribution in [2.45, 2.75) is 0 Å². The minimum atomic E-state index is -0.822. The third-order valence-corrected chi connectivity index (χ3v) is 1.11. The molecule has 1 atom stereocenters. The van der Waals surface area contributed by atoms with Gasteiger partial charge >= 0.3 is 17.8 Å². The van der Waals surface area contributed by atoms with E-state index in [1.54, 1.807) is 0 Å². The van der Waals surface area contributed by atoms with E-state index in [0.717, 1.165) is 0 Å². The van der Waals surface area contributed by atoms with Gasteiger partial charge in [-0.15, -0.1) is 0 Å². The third kappa shape index (κ3) is 0.706. The fraction of sp³-hybridized carbons (Fsp3) is 0.250. The highest BCUT2D eigenvalue weighted by atomic mass is 16.2. The Labute approximate surface area is 50.6 Å². The van der Waals surface area contributed by atoms with Crippen LogP contribution in [0.3, 0.4) is 0 Å². The quantitative estimate of drug-likeness (QED) is 0.276. The summed E-state index contributed by atoms with van der Waals surface area (Å²) in [6.07, 6.45) is 0. The fourth-order valence-corrected chi connectivity index (χ4v) is 0.527. The van der Waals surface area contributed by atoms with Gasteiger partial charge in [-0.05, 0) is 0 Å². The Morgan fingerprint density at radius 3 is 2.00 bits per heavy atom. The van der Waals surface area contributed by atoms with Crippen molar-refractivity contribution in [3.8, 4) is 0 Å². The Morgan fingerprint density at radius 2 is 1.89 bits per heavy atom. The van der Waals surface area contributed by atoms with E-state index in [1.165, 1.54) is 7.05 Å². The van der Waals surface area contributed by atoms with Gasteiger partial charge in [-0.3, -0.25) is 4.79 Å². The van der Waals surface area contributed by atoms with Crippen LogP contribution in [-0.2, 0) is 9.59 Å². The standard InChI is InChI=1S/C4H4N2O3/c1-6-3(8)2(7)5-4(6)9/h1H3,(H,5,7,9)/p+1. The molecule has 5 heteroatoms. The highest BCUT2D eigenvalue weighted by molar-refractivity contribution is 6.38. The SMILES string of the molecule is C[NH+]1C(=O)NC(=O)C1=O. The summed E-state index contributed by atoms with van der Waals surface area (Å²) in [5, 5.41) is 1.85. The first-order valence-corrected chi connectivity index (χ1v) is 2.36. The topological polar surface area (TPSA) is 67.7 Å². The first kappa shape index (κ1) is 5.90. The van der Waals surface area contributed by atoms with Crippen LogP contribution in [0.5, 0.6) is 0 Å². The Kier molecular flexibility index (Phi) is 1.07. The molecule has 1 saturated heterocycles. The number of quaternary nitrogens is 1. The number of urea groups is 1. The molecule has 5 nitrogen and oxygen atoms in total. The van der Waals surface area contributed by atoms with Gasteiger partial charge in [0.05, 0.1) is 7.05 Å². The van der Waals surface area contributed by atoms with Crippen LogP contribution in [0.1, 0.15) is 0 Å². The molecule has 1 heterocycles. The first-order chi connectivity index (χ1) is 4.13.